The largest absolute Gasteiger partial charge is 0.381 e. The summed E-state index contributed by atoms with van der Waals surface area (Å²) in [4.78, 5) is 16.9. The third kappa shape index (κ3) is 3.64. The van der Waals surface area contributed by atoms with Crippen LogP contribution in [0, 0.1) is 12.8 Å². The number of aromatic nitrogens is 3. The molecule has 0 radical (unpaired) electrons. The Labute approximate surface area is 139 Å². The molecular formula is C16H22N4O4. The lowest BCUT2D eigenvalue weighted by Gasteiger charge is -2.28. The van der Waals surface area contributed by atoms with Crippen LogP contribution in [0.25, 0.3) is 0 Å². The summed E-state index contributed by atoms with van der Waals surface area (Å²) >= 11 is 0. The lowest BCUT2D eigenvalue weighted by Crippen LogP contribution is -2.36. The number of nitrogens with one attached hydrogen (secondary N) is 1. The molecule has 130 valence electrons. The van der Waals surface area contributed by atoms with Crippen LogP contribution in [0.15, 0.2) is 15.1 Å². The third-order valence-electron chi connectivity index (χ3n) is 4.12. The SMILES string of the molecule is Cc1cc(C(=O)N[C@@H](c2nc(C(C)C)no2)C2CCOCC2)no1. The lowest BCUT2D eigenvalue weighted by molar-refractivity contribution is 0.0466. The fourth-order valence-electron chi connectivity index (χ4n) is 2.73. The van der Waals surface area contributed by atoms with Crippen molar-refractivity contribution in [2.75, 3.05) is 13.2 Å². The molecule has 0 spiro atoms. The molecule has 1 aliphatic rings. The Morgan fingerprint density at radius 2 is 2.00 bits per heavy atom. The Morgan fingerprint density at radius 3 is 2.58 bits per heavy atom. The molecule has 1 saturated heterocycles. The number of nitrogens with zero attached hydrogens (tertiary/aromatic N) is 3. The summed E-state index contributed by atoms with van der Waals surface area (Å²) in [5, 5.41) is 10.7. The van der Waals surface area contributed by atoms with Gasteiger partial charge >= 0.3 is 0 Å². The zero-order chi connectivity index (χ0) is 17.1. The highest BCUT2D eigenvalue weighted by molar-refractivity contribution is 5.92. The topological polar surface area (TPSA) is 103 Å². The van der Waals surface area contributed by atoms with Gasteiger partial charge < -0.3 is 19.1 Å². The normalized spacial score (nSPS) is 17.2. The molecule has 0 saturated carbocycles. The maximum absolute atomic E-state index is 12.5. The first-order valence-corrected chi connectivity index (χ1v) is 8.20. The van der Waals surface area contributed by atoms with Gasteiger partial charge in [-0.05, 0) is 25.7 Å². The number of ether oxygens (including phenoxy) is 1. The van der Waals surface area contributed by atoms with Crippen LogP contribution in [0.4, 0.5) is 0 Å². The fraction of sp³-hybridized carbons (Fsp3) is 0.625. The van der Waals surface area contributed by atoms with E-state index in [0.717, 1.165) is 12.8 Å². The van der Waals surface area contributed by atoms with E-state index in [1.54, 1.807) is 13.0 Å². The van der Waals surface area contributed by atoms with Gasteiger partial charge in [0.25, 0.3) is 5.91 Å². The van der Waals surface area contributed by atoms with Gasteiger partial charge in [-0.25, -0.2) is 0 Å². The highest BCUT2D eigenvalue weighted by Crippen LogP contribution is 2.30. The van der Waals surface area contributed by atoms with Crippen LogP contribution in [0.3, 0.4) is 0 Å². The molecule has 8 heteroatoms. The number of amides is 1. The summed E-state index contributed by atoms with van der Waals surface area (Å²) in [6, 6.07) is 1.24. The summed E-state index contributed by atoms with van der Waals surface area (Å²) in [6.07, 6.45) is 1.64. The minimum atomic E-state index is -0.363. The summed E-state index contributed by atoms with van der Waals surface area (Å²) < 4.78 is 15.8. The first-order chi connectivity index (χ1) is 11.5. The van der Waals surface area contributed by atoms with Crippen molar-refractivity contribution >= 4 is 5.91 Å². The molecule has 24 heavy (non-hydrogen) atoms. The first kappa shape index (κ1) is 16.6. The lowest BCUT2D eigenvalue weighted by atomic mass is 9.91. The van der Waals surface area contributed by atoms with Crippen molar-refractivity contribution in [2.24, 2.45) is 5.92 Å². The van der Waals surface area contributed by atoms with E-state index in [1.165, 1.54) is 0 Å². The van der Waals surface area contributed by atoms with Gasteiger partial charge in [0.05, 0.1) is 0 Å². The monoisotopic (exact) mass is 334 g/mol. The second-order valence-corrected chi connectivity index (χ2v) is 6.37. The highest BCUT2D eigenvalue weighted by Gasteiger charge is 2.32. The van der Waals surface area contributed by atoms with Gasteiger partial charge in [0, 0.05) is 25.2 Å². The van der Waals surface area contributed by atoms with Crippen molar-refractivity contribution in [2.45, 2.75) is 45.6 Å². The predicted octanol–water partition coefficient (Wildman–Crippen LogP) is 2.39. The van der Waals surface area contributed by atoms with Gasteiger partial charge in [-0.1, -0.05) is 24.2 Å². The van der Waals surface area contributed by atoms with E-state index < -0.39 is 0 Å². The molecular weight excluding hydrogens is 312 g/mol. The van der Waals surface area contributed by atoms with E-state index in [-0.39, 0.29) is 29.5 Å². The van der Waals surface area contributed by atoms with Crippen molar-refractivity contribution in [1.82, 2.24) is 20.6 Å². The first-order valence-electron chi connectivity index (χ1n) is 8.20. The molecule has 0 unspecified atom stereocenters. The average molecular weight is 334 g/mol. The van der Waals surface area contributed by atoms with Crippen LogP contribution in [0.5, 0.6) is 0 Å². The Balaban J connectivity index is 1.82. The Morgan fingerprint density at radius 1 is 1.25 bits per heavy atom. The van der Waals surface area contributed by atoms with Crippen LogP contribution in [0.1, 0.15) is 66.6 Å². The number of rotatable bonds is 5. The van der Waals surface area contributed by atoms with E-state index in [4.69, 9.17) is 13.8 Å². The molecule has 0 aliphatic carbocycles. The number of carbonyl (C=O) groups excluding carboxylic acids is 1. The van der Waals surface area contributed by atoms with Gasteiger partial charge in [0.1, 0.15) is 11.8 Å². The van der Waals surface area contributed by atoms with Crippen LogP contribution >= 0.6 is 0 Å². The minimum Gasteiger partial charge on any atom is -0.381 e. The Kier molecular flexibility index (Phi) is 4.94. The van der Waals surface area contributed by atoms with Crippen LogP contribution < -0.4 is 5.32 Å². The Bertz CT molecular complexity index is 688. The second kappa shape index (κ2) is 7.12. The standard InChI is InChI=1S/C16H22N4O4/c1-9(2)14-18-16(24-20-14)13(11-4-6-22-7-5-11)17-15(21)12-8-10(3)23-19-12/h8-9,11,13H,4-7H2,1-3H3,(H,17,21)/t13-/m1/s1. The molecule has 1 fully saturated rings. The summed E-state index contributed by atoms with van der Waals surface area (Å²) in [6.45, 7) is 7.05. The van der Waals surface area contributed by atoms with Crippen LogP contribution in [-0.4, -0.2) is 34.4 Å². The zero-order valence-corrected chi connectivity index (χ0v) is 14.1. The number of hydrogen-bond donors (Lipinski definition) is 1. The quantitative estimate of drug-likeness (QED) is 0.895. The number of aryl methyl sites for hydroxylation is 1. The van der Waals surface area contributed by atoms with E-state index in [1.807, 2.05) is 13.8 Å². The predicted molar refractivity (Wildman–Crippen MR) is 83.4 cm³/mol. The summed E-state index contributed by atoms with van der Waals surface area (Å²) in [5.41, 5.74) is 0.244. The molecule has 2 aromatic rings. The van der Waals surface area contributed by atoms with Gasteiger partial charge in [-0.15, -0.1) is 0 Å². The maximum atomic E-state index is 12.5. The molecule has 1 aliphatic heterocycles. The van der Waals surface area contributed by atoms with Crippen molar-refractivity contribution in [3.05, 3.63) is 29.2 Å². The molecule has 2 aromatic heterocycles. The summed E-state index contributed by atoms with van der Waals surface area (Å²) in [7, 11) is 0. The van der Waals surface area contributed by atoms with Crippen molar-refractivity contribution in [3.63, 3.8) is 0 Å². The molecule has 3 heterocycles. The zero-order valence-electron chi connectivity index (χ0n) is 14.1. The summed E-state index contributed by atoms with van der Waals surface area (Å²) in [5.74, 6) is 1.67. The van der Waals surface area contributed by atoms with Gasteiger partial charge in [-0.2, -0.15) is 4.98 Å². The van der Waals surface area contributed by atoms with Crippen molar-refractivity contribution in [1.29, 1.82) is 0 Å². The molecule has 3 rings (SSSR count). The number of carbonyl (C=O) groups is 1. The van der Waals surface area contributed by atoms with Gasteiger partial charge in [0.2, 0.25) is 5.89 Å². The highest BCUT2D eigenvalue weighted by atomic mass is 16.5. The smallest absolute Gasteiger partial charge is 0.274 e. The Hall–Kier alpha value is -2.22. The minimum absolute atomic E-state index is 0.159. The van der Waals surface area contributed by atoms with E-state index in [0.29, 0.717) is 30.7 Å². The molecule has 0 bridgehead atoms. The van der Waals surface area contributed by atoms with Crippen LogP contribution in [0.2, 0.25) is 0 Å². The maximum Gasteiger partial charge on any atom is 0.274 e. The molecule has 1 amide bonds. The molecule has 1 N–H and O–H groups in total. The van der Waals surface area contributed by atoms with E-state index >= 15 is 0 Å². The molecule has 1 atom stereocenters. The van der Waals surface area contributed by atoms with Crippen molar-refractivity contribution < 1.29 is 18.6 Å². The van der Waals surface area contributed by atoms with E-state index in [2.05, 4.69) is 20.6 Å². The molecule has 0 aromatic carbocycles. The third-order valence-corrected chi connectivity index (χ3v) is 4.12. The van der Waals surface area contributed by atoms with Crippen molar-refractivity contribution in [3.8, 4) is 0 Å². The number of hydrogen-bond acceptors (Lipinski definition) is 7. The van der Waals surface area contributed by atoms with Crippen LogP contribution in [-0.2, 0) is 4.74 Å². The van der Waals surface area contributed by atoms with Gasteiger partial charge in [0.15, 0.2) is 11.5 Å². The molecule has 8 nitrogen and oxygen atoms in total. The van der Waals surface area contributed by atoms with Gasteiger partial charge in [-0.3, -0.25) is 4.79 Å². The average Bonchev–Trinajstić information content (AvgIpc) is 3.22. The second-order valence-electron chi connectivity index (χ2n) is 6.37. The van der Waals surface area contributed by atoms with E-state index in [9.17, 15) is 4.79 Å². The fourth-order valence-corrected chi connectivity index (χ4v) is 2.73.